The van der Waals surface area contributed by atoms with E-state index in [9.17, 15) is 22.0 Å². The number of benzene rings is 1. The molecule has 0 saturated carbocycles. The van der Waals surface area contributed by atoms with E-state index in [0.717, 1.165) is 24.5 Å². The smallest absolute Gasteiger partial charge is 0.451 e. The number of nitrogens with zero attached hydrogens (tertiary/aromatic N) is 8. The van der Waals surface area contributed by atoms with Crippen LogP contribution in [0.25, 0.3) is 22.6 Å². The average molecular weight is 676 g/mol. The quantitative estimate of drug-likeness (QED) is 0.196. The largest absolute Gasteiger partial charge is 0.471 e. The number of hydrogen-bond acceptors (Lipinski definition) is 9. The number of piperidine rings is 1. The van der Waals surface area contributed by atoms with Crippen LogP contribution in [0.4, 0.5) is 22.0 Å². The van der Waals surface area contributed by atoms with Gasteiger partial charge in [0.1, 0.15) is 29.6 Å². The Hall–Kier alpha value is -4.28. The van der Waals surface area contributed by atoms with Crippen LogP contribution >= 0.6 is 11.6 Å². The Bertz CT molecular complexity index is 1900. The first-order valence-corrected chi connectivity index (χ1v) is 15.3. The molecule has 7 rings (SSSR count). The zero-order chi connectivity index (χ0) is 32.7. The molecule has 47 heavy (non-hydrogen) atoms. The molecule has 1 N–H and O–H groups in total. The molecular weight excluding hydrogens is 649 g/mol. The molecule has 0 bridgehead atoms. The fourth-order valence-corrected chi connectivity index (χ4v) is 5.80. The predicted molar refractivity (Wildman–Crippen MR) is 157 cm³/mol. The van der Waals surface area contributed by atoms with Gasteiger partial charge in [-0.25, -0.2) is 24.3 Å². The molecule has 6 heterocycles. The predicted octanol–water partition coefficient (Wildman–Crippen LogP) is 5.70. The molecule has 1 aromatic carbocycles. The number of likely N-dealkylation sites (tertiary alicyclic amines) is 1. The molecular formula is C30H27ClF5N9O2. The minimum absolute atomic E-state index is 0.0175. The summed E-state index contributed by atoms with van der Waals surface area (Å²) in [6.45, 7) is 2.85. The van der Waals surface area contributed by atoms with E-state index in [2.05, 4.69) is 29.9 Å². The van der Waals surface area contributed by atoms with Gasteiger partial charge in [0, 0.05) is 34.9 Å². The normalized spacial score (nSPS) is 17.7. The third-order valence-corrected chi connectivity index (χ3v) is 8.52. The number of aromatic nitrogens is 8. The van der Waals surface area contributed by atoms with E-state index >= 15 is 0 Å². The summed E-state index contributed by atoms with van der Waals surface area (Å²) in [5.41, 5.74) is 1.63. The monoisotopic (exact) mass is 675 g/mol. The number of imidazole rings is 1. The van der Waals surface area contributed by atoms with Crippen molar-refractivity contribution in [3.05, 3.63) is 76.4 Å². The van der Waals surface area contributed by atoms with Crippen molar-refractivity contribution in [3.8, 4) is 17.3 Å². The molecule has 2 fully saturated rings. The Morgan fingerprint density at radius 2 is 1.81 bits per heavy atom. The lowest BCUT2D eigenvalue weighted by Gasteiger charge is -2.32. The Labute approximate surface area is 269 Å². The SMILES string of the molecule is Fc1cc(Cl)ccc1COc1nc(C2CCN(Cc3nc4cc(-c5n[nH]c(C(F)(F)F)n5)cnc4n3C[C@@H]3CCO3)CC2)ncc1F. The number of ether oxygens (including phenoxy) is 2. The van der Waals surface area contributed by atoms with Gasteiger partial charge < -0.3 is 14.0 Å². The highest BCUT2D eigenvalue weighted by Gasteiger charge is 2.35. The number of alkyl halides is 3. The van der Waals surface area contributed by atoms with Gasteiger partial charge in [0.15, 0.2) is 11.5 Å². The second-order valence-corrected chi connectivity index (χ2v) is 11.9. The fraction of sp³-hybridized carbons (Fsp3) is 0.400. The zero-order valence-electron chi connectivity index (χ0n) is 24.6. The van der Waals surface area contributed by atoms with E-state index < -0.39 is 23.6 Å². The van der Waals surface area contributed by atoms with Crippen molar-refractivity contribution in [2.45, 2.75) is 57.2 Å². The highest BCUT2D eigenvalue weighted by molar-refractivity contribution is 6.30. The summed E-state index contributed by atoms with van der Waals surface area (Å²) in [6.07, 6.45) is 0.159. The summed E-state index contributed by atoms with van der Waals surface area (Å²) in [6, 6.07) is 5.79. The lowest BCUT2D eigenvalue weighted by molar-refractivity contribution is -0.144. The van der Waals surface area contributed by atoms with Gasteiger partial charge in [-0.2, -0.15) is 27.6 Å². The molecule has 0 aliphatic carbocycles. The second kappa shape index (κ2) is 12.7. The molecule has 1 atom stereocenters. The van der Waals surface area contributed by atoms with Crippen molar-refractivity contribution in [2.75, 3.05) is 19.7 Å². The van der Waals surface area contributed by atoms with Gasteiger partial charge in [-0.15, -0.1) is 0 Å². The fourth-order valence-electron chi connectivity index (χ4n) is 5.64. The first-order chi connectivity index (χ1) is 22.6. The van der Waals surface area contributed by atoms with Gasteiger partial charge in [0.2, 0.25) is 11.6 Å². The van der Waals surface area contributed by atoms with E-state index in [1.165, 1.54) is 18.3 Å². The molecule has 0 radical (unpaired) electrons. The van der Waals surface area contributed by atoms with E-state index in [4.69, 9.17) is 26.1 Å². The summed E-state index contributed by atoms with van der Waals surface area (Å²) in [7, 11) is 0. The first-order valence-electron chi connectivity index (χ1n) is 14.9. The van der Waals surface area contributed by atoms with Crippen LogP contribution in [0.5, 0.6) is 5.88 Å². The minimum atomic E-state index is -4.65. The molecule has 2 aliphatic heterocycles. The highest BCUT2D eigenvalue weighted by Crippen LogP contribution is 2.31. The lowest BCUT2D eigenvalue weighted by atomic mass is 9.96. The summed E-state index contributed by atoms with van der Waals surface area (Å²) in [5.74, 6) is -1.71. The number of hydrogen-bond donors (Lipinski definition) is 1. The van der Waals surface area contributed by atoms with Crippen LogP contribution in [0.2, 0.25) is 5.02 Å². The standard InChI is InChI=1S/C30H27ClF5N9O2/c31-19-2-1-17(21(32)10-19)15-47-28-22(33)12-37-25(40-28)16-3-6-44(7-4-16)14-24-39-23-9-18(26-41-29(43-42-26)30(34,35)36)11-38-27(23)45(24)13-20-5-8-46-20/h1-2,9-12,16,20H,3-8,13-15H2,(H,41,42,43)/t20-/m0/s1. The highest BCUT2D eigenvalue weighted by atomic mass is 35.5. The van der Waals surface area contributed by atoms with E-state index in [0.29, 0.717) is 68.2 Å². The van der Waals surface area contributed by atoms with Crippen LogP contribution in [0.15, 0.2) is 36.7 Å². The Morgan fingerprint density at radius 1 is 1.00 bits per heavy atom. The van der Waals surface area contributed by atoms with Crippen LogP contribution in [0.1, 0.15) is 48.2 Å². The second-order valence-electron chi connectivity index (χ2n) is 11.4. The van der Waals surface area contributed by atoms with Crippen molar-refractivity contribution in [2.24, 2.45) is 0 Å². The van der Waals surface area contributed by atoms with Crippen molar-refractivity contribution in [3.63, 3.8) is 0 Å². The summed E-state index contributed by atoms with van der Waals surface area (Å²) in [4.78, 5) is 23.7. The maximum absolute atomic E-state index is 14.5. The Morgan fingerprint density at radius 3 is 2.51 bits per heavy atom. The molecule has 11 nitrogen and oxygen atoms in total. The molecule has 0 unspecified atom stereocenters. The summed E-state index contributed by atoms with van der Waals surface area (Å²) < 4.78 is 81.0. The third-order valence-electron chi connectivity index (χ3n) is 8.28. The zero-order valence-corrected chi connectivity index (χ0v) is 25.4. The number of rotatable bonds is 9. The van der Waals surface area contributed by atoms with Gasteiger partial charge in [0.25, 0.3) is 5.88 Å². The number of pyridine rings is 1. The molecule has 0 spiro atoms. The number of H-pyrrole nitrogens is 1. The Balaban J connectivity index is 1.04. The number of nitrogens with one attached hydrogen (secondary N) is 1. The molecule has 246 valence electrons. The molecule has 4 aromatic heterocycles. The van der Waals surface area contributed by atoms with Crippen molar-refractivity contribution in [1.29, 1.82) is 0 Å². The van der Waals surface area contributed by atoms with Gasteiger partial charge in [0.05, 0.1) is 25.4 Å². The summed E-state index contributed by atoms with van der Waals surface area (Å²) in [5, 5.41) is 5.88. The molecule has 17 heteroatoms. The van der Waals surface area contributed by atoms with Crippen LogP contribution in [-0.2, 0) is 30.6 Å². The summed E-state index contributed by atoms with van der Waals surface area (Å²) >= 11 is 5.80. The van der Waals surface area contributed by atoms with Gasteiger partial charge in [-0.1, -0.05) is 17.7 Å². The Kier molecular flexibility index (Phi) is 8.48. The number of fused-ring (bicyclic) bond motifs is 1. The molecule has 0 amide bonds. The van der Waals surface area contributed by atoms with E-state index in [1.807, 2.05) is 9.67 Å². The van der Waals surface area contributed by atoms with Crippen LogP contribution in [0.3, 0.4) is 0 Å². The average Bonchev–Trinajstić information content (AvgIpc) is 3.65. The maximum atomic E-state index is 14.5. The van der Waals surface area contributed by atoms with Gasteiger partial charge >= 0.3 is 6.18 Å². The molecule has 2 aliphatic rings. The topological polar surface area (TPSA) is 120 Å². The number of aromatic amines is 1. The van der Waals surface area contributed by atoms with Crippen molar-refractivity contribution in [1.82, 2.24) is 44.6 Å². The van der Waals surface area contributed by atoms with Crippen molar-refractivity contribution < 1.29 is 31.4 Å². The first kappa shape index (κ1) is 31.3. The lowest BCUT2D eigenvalue weighted by Crippen LogP contribution is -2.35. The van der Waals surface area contributed by atoms with Gasteiger partial charge in [-0.3, -0.25) is 10.00 Å². The minimum Gasteiger partial charge on any atom is -0.471 e. The third kappa shape index (κ3) is 6.75. The number of halogens is 6. The van der Waals surface area contributed by atoms with E-state index in [-0.39, 0.29) is 40.9 Å². The van der Waals surface area contributed by atoms with Crippen molar-refractivity contribution >= 4 is 22.8 Å². The molecule has 5 aromatic rings. The van der Waals surface area contributed by atoms with Crippen LogP contribution in [0, 0.1) is 11.6 Å². The maximum Gasteiger partial charge on any atom is 0.451 e. The van der Waals surface area contributed by atoms with E-state index in [1.54, 1.807) is 6.07 Å². The van der Waals surface area contributed by atoms with Gasteiger partial charge in [-0.05, 0) is 50.6 Å². The van der Waals surface area contributed by atoms with Crippen LogP contribution in [-0.4, -0.2) is 70.4 Å². The van der Waals surface area contributed by atoms with Crippen LogP contribution < -0.4 is 4.74 Å². The molecule has 2 saturated heterocycles.